The number of anilines is 1. The van der Waals surface area contributed by atoms with E-state index in [-0.39, 0.29) is 18.9 Å². The van der Waals surface area contributed by atoms with E-state index in [1.54, 1.807) is 4.90 Å². The van der Waals surface area contributed by atoms with E-state index in [1.807, 2.05) is 55.5 Å². The van der Waals surface area contributed by atoms with Gasteiger partial charge in [-0.15, -0.1) is 0 Å². The number of β-amino-alcohol motifs (C(OH)–C–C–N with tert-alkyl or cyclic N) is 1. The quantitative estimate of drug-likeness (QED) is 0.543. The second-order valence-corrected chi connectivity index (χ2v) is 7.82. The van der Waals surface area contributed by atoms with Crippen LogP contribution in [-0.2, 0) is 11.3 Å². The number of carbonyl (C=O) groups is 1. The van der Waals surface area contributed by atoms with Crippen LogP contribution in [0.25, 0.3) is 21.8 Å². The van der Waals surface area contributed by atoms with Gasteiger partial charge in [0.1, 0.15) is 0 Å². The van der Waals surface area contributed by atoms with Crippen molar-refractivity contribution in [3.63, 3.8) is 0 Å². The van der Waals surface area contributed by atoms with Gasteiger partial charge in [0.2, 0.25) is 5.91 Å². The molecule has 0 aliphatic carbocycles. The number of para-hydroxylation sites is 4. The highest BCUT2D eigenvalue weighted by Crippen LogP contribution is 2.33. The van der Waals surface area contributed by atoms with Crippen LogP contribution in [0.5, 0.6) is 0 Å². The van der Waals surface area contributed by atoms with E-state index in [2.05, 4.69) is 33.8 Å². The number of aliphatic hydroxyl groups excluding tert-OH is 1. The van der Waals surface area contributed by atoms with Crippen molar-refractivity contribution in [2.75, 3.05) is 11.4 Å². The molecule has 5 nitrogen and oxygen atoms in total. The van der Waals surface area contributed by atoms with E-state index in [0.717, 1.165) is 28.1 Å². The third-order valence-corrected chi connectivity index (χ3v) is 5.66. The minimum absolute atomic E-state index is 0.0394. The maximum absolute atomic E-state index is 12.9. The molecule has 0 saturated carbocycles. The SMILES string of the molecule is CC1=Nc2ccccc2N(C[C@@H](O)Cn2c3ccccc3c3ccccc32)C(=O)C1. The fraction of sp³-hybridized carbons (Fsp3) is 0.200. The van der Waals surface area contributed by atoms with Crippen LogP contribution in [0, 0.1) is 0 Å². The Kier molecular flexibility index (Phi) is 4.60. The van der Waals surface area contributed by atoms with Gasteiger partial charge in [-0.1, -0.05) is 48.5 Å². The van der Waals surface area contributed by atoms with Gasteiger partial charge in [-0.05, 0) is 31.2 Å². The molecule has 1 N–H and O–H groups in total. The first-order valence-electron chi connectivity index (χ1n) is 10.2. The minimum Gasteiger partial charge on any atom is -0.389 e. The lowest BCUT2D eigenvalue weighted by Gasteiger charge is -2.25. The number of fused-ring (bicyclic) bond motifs is 4. The Hall–Kier alpha value is -3.44. The Morgan fingerprint density at radius 1 is 0.900 bits per heavy atom. The molecule has 4 aromatic rings. The zero-order chi connectivity index (χ0) is 20.7. The first-order valence-corrected chi connectivity index (χ1v) is 10.2. The Labute approximate surface area is 174 Å². The topological polar surface area (TPSA) is 57.8 Å². The van der Waals surface area contributed by atoms with Crippen molar-refractivity contribution in [1.82, 2.24) is 4.57 Å². The molecular weight excluding hydrogens is 374 g/mol. The van der Waals surface area contributed by atoms with E-state index in [0.29, 0.717) is 6.54 Å². The van der Waals surface area contributed by atoms with Crippen molar-refractivity contribution in [3.05, 3.63) is 72.8 Å². The van der Waals surface area contributed by atoms with Gasteiger partial charge in [0.05, 0.1) is 37.0 Å². The van der Waals surface area contributed by atoms with Crippen LogP contribution in [0.2, 0.25) is 0 Å². The van der Waals surface area contributed by atoms with Crippen LogP contribution in [0.15, 0.2) is 77.8 Å². The van der Waals surface area contributed by atoms with Crippen molar-refractivity contribution in [1.29, 1.82) is 0 Å². The standard InChI is InChI=1S/C25H23N3O2/c1-17-14-25(30)28(24-13-7-4-10-21(24)26-17)16-18(29)15-27-22-11-5-2-8-19(22)20-9-3-6-12-23(20)27/h2-13,18,29H,14-16H2,1H3/t18-/m0/s1. The average Bonchev–Trinajstić information content (AvgIpc) is 3.00. The van der Waals surface area contributed by atoms with Gasteiger partial charge in [-0.3, -0.25) is 9.79 Å². The normalized spacial score (nSPS) is 15.2. The van der Waals surface area contributed by atoms with E-state index < -0.39 is 6.10 Å². The zero-order valence-corrected chi connectivity index (χ0v) is 16.8. The van der Waals surface area contributed by atoms with Gasteiger partial charge >= 0.3 is 0 Å². The average molecular weight is 397 g/mol. The molecule has 0 unspecified atom stereocenters. The summed E-state index contributed by atoms with van der Waals surface area (Å²) < 4.78 is 2.14. The minimum atomic E-state index is -0.723. The molecule has 1 amide bonds. The summed E-state index contributed by atoms with van der Waals surface area (Å²) in [5, 5.41) is 13.4. The summed E-state index contributed by atoms with van der Waals surface area (Å²) in [6, 6.07) is 24.1. The Morgan fingerprint density at radius 3 is 2.20 bits per heavy atom. The number of aliphatic imine (C=N–C) groups is 1. The van der Waals surface area contributed by atoms with Crippen LogP contribution < -0.4 is 4.90 Å². The highest BCUT2D eigenvalue weighted by atomic mass is 16.3. The van der Waals surface area contributed by atoms with Gasteiger partial charge in [0, 0.05) is 27.5 Å². The predicted octanol–water partition coefficient (Wildman–Crippen LogP) is 4.68. The molecule has 5 rings (SSSR count). The number of nitrogens with zero attached hydrogens (tertiary/aromatic N) is 3. The molecule has 1 atom stereocenters. The zero-order valence-electron chi connectivity index (χ0n) is 16.8. The molecule has 30 heavy (non-hydrogen) atoms. The molecular formula is C25H23N3O2. The number of aromatic nitrogens is 1. The van der Waals surface area contributed by atoms with Crippen molar-refractivity contribution in [3.8, 4) is 0 Å². The van der Waals surface area contributed by atoms with Crippen LogP contribution in [-0.4, -0.2) is 33.9 Å². The van der Waals surface area contributed by atoms with Crippen molar-refractivity contribution >= 4 is 44.8 Å². The maximum atomic E-state index is 12.9. The Morgan fingerprint density at radius 2 is 1.50 bits per heavy atom. The Bertz CT molecular complexity index is 1230. The molecule has 0 saturated heterocycles. The molecule has 1 aliphatic rings. The van der Waals surface area contributed by atoms with Gasteiger partial charge in [-0.2, -0.15) is 0 Å². The number of carbonyl (C=O) groups excluding carboxylic acids is 1. The molecule has 0 radical (unpaired) electrons. The number of amides is 1. The summed E-state index contributed by atoms with van der Waals surface area (Å²) in [7, 11) is 0. The smallest absolute Gasteiger partial charge is 0.232 e. The highest BCUT2D eigenvalue weighted by Gasteiger charge is 2.25. The summed E-state index contributed by atoms with van der Waals surface area (Å²) in [6.07, 6.45) is -0.462. The monoisotopic (exact) mass is 397 g/mol. The number of hydrogen-bond donors (Lipinski definition) is 1. The lowest BCUT2D eigenvalue weighted by molar-refractivity contribution is -0.117. The second-order valence-electron chi connectivity index (χ2n) is 7.82. The van der Waals surface area contributed by atoms with E-state index in [9.17, 15) is 9.90 Å². The maximum Gasteiger partial charge on any atom is 0.232 e. The van der Waals surface area contributed by atoms with Gasteiger partial charge < -0.3 is 14.6 Å². The summed E-state index contributed by atoms with van der Waals surface area (Å²) in [4.78, 5) is 19.1. The summed E-state index contributed by atoms with van der Waals surface area (Å²) in [6.45, 7) is 2.49. The largest absolute Gasteiger partial charge is 0.389 e. The first-order chi connectivity index (χ1) is 14.6. The molecule has 150 valence electrons. The van der Waals surface area contributed by atoms with E-state index in [4.69, 9.17) is 0 Å². The molecule has 3 aromatic carbocycles. The summed E-state index contributed by atoms with van der Waals surface area (Å²) in [5.74, 6) is -0.0394. The Balaban J connectivity index is 1.49. The predicted molar refractivity (Wildman–Crippen MR) is 122 cm³/mol. The van der Waals surface area contributed by atoms with Crippen molar-refractivity contribution in [2.24, 2.45) is 4.99 Å². The van der Waals surface area contributed by atoms with Crippen LogP contribution in [0.4, 0.5) is 11.4 Å². The molecule has 2 heterocycles. The second kappa shape index (κ2) is 7.43. The molecule has 0 spiro atoms. The molecule has 0 fully saturated rings. The number of rotatable bonds is 4. The molecule has 5 heteroatoms. The third kappa shape index (κ3) is 3.17. The fourth-order valence-corrected chi connectivity index (χ4v) is 4.36. The molecule has 1 aliphatic heterocycles. The van der Waals surface area contributed by atoms with Crippen molar-refractivity contribution < 1.29 is 9.90 Å². The summed E-state index contributed by atoms with van der Waals surface area (Å²) >= 11 is 0. The number of hydrogen-bond acceptors (Lipinski definition) is 3. The third-order valence-electron chi connectivity index (χ3n) is 5.66. The summed E-state index contributed by atoms with van der Waals surface area (Å²) in [5.41, 5.74) is 4.47. The van der Waals surface area contributed by atoms with Gasteiger partial charge in [0.25, 0.3) is 0 Å². The lowest BCUT2D eigenvalue weighted by Crippen LogP contribution is -2.39. The van der Waals surface area contributed by atoms with Crippen molar-refractivity contribution in [2.45, 2.75) is 26.0 Å². The van der Waals surface area contributed by atoms with E-state index in [1.165, 1.54) is 10.8 Å². The van der Waals surface area contributed by atoms with Crippen LogP contribution >= 0.6 is 0 Å². The first kappa shape index (κ1) is 18.6. The fourth-order valence-electron chi connectivity index (χ4n) is 4.36. The molecule has 1 aromatic heterocycles. The number of benzene rings is 3. The highest BCUT2D eigenvalue weighted by molar-refractivity contribution is 6.11. The number of aliphatic hydroxyl groups is 1. The van der Waals surface area contributed by atoms with Crippen LogP contribution in [0.3, 0.4) is 0 Å². The van der Waals surface area contributed by atoms with E-state index >= 15 is 0 Å². The van der Waals surface area contributed by atoms with Gasteiger partial charge in [0.15, 0.2) is 0 Å². The van der Waals surface area contributed by atoms with Crippen LogP contribution in [0.1, 0.15) is 13.3 Å². The van der Waals surface area contributed by atoms with Gasteiger partial charge in [-0.25, -0.2) is 0 Å². The lowest BCUT2D eigenvalue weighted by atomic mass is 10.2. The molecule has 0 bridgehead atoms.